The van der Waals surface area contributed by atoms with Gasteiger partial charge in [0.2, 0.25) is 5.91 Å². The van der Waals surface area contributed by atoms with Crippen LogP contribution < -0.4 is 5.56 Å². The summed E-state index contributed by atoms with van der Waals surface area (Å²) in [5.41, 5.74) is 1.70. The van der Waals surface area contributed by atoms with Crippen LogP contribution in [0.1, 0.15) is 32.4 Å². The topological polar surface area (TPSA) is 55.2 Å². The monoisotopic (exact) mass is 395 g/mol. The van der Waals surface area contributed by atoms with Crippen molar-refractivity contribution >= 4 is 28.6 Å². The van der Waals surface area contributed by atoms with Crippen molar-refractivity contribution in [2.45, 2.75) is 38.5 Å². The molecule has 0 aliphatic heterocycles. The Labute approximate surface area is 169 Å². The second kappa shape index (κ2) is 9.06. The summed E-state index contributed by atoms with van der Waals surface area (Å²) in [5.74, 6) is 0.284. The summed E-state index contributed by atoms with van der Waals surface area (Å²) in [6.07, 6.45) is 0. The standard InChI is InChI=1S/C22H25N3O2S/c1-4-24(14-17-10-6-5-7-11-17)20(26)15-28-22-23-19-13-9-8-12-18(19)21(27)25(22)16(2)3/h5-13,16H,4,14-15H2,1-3H3. The highest BCUT2D eigenvalue weighted by molar-refractivity contribution is 7.99. The number of benzene rings is 2. The van der Waals surface area contributed by atoms with E-state index >= 15 is 0 Å². The lowest BCUT2D eigenvalue weighted by molar-refractivity contribution is -0.128. The van der Waals surface area contributed by atoms with Crippen LogP contribution in [0.25, 0.3) is 10.9 Å². The van der Waals surface area contributed by atoms with E-state index in [1.54, 1.807) is 10.6 Å². The molecule has 0 saturated carbocycles. The Morgan fingerprint density at radius 1 is 1.11 bits per heavy atom. The van der Waals surface area contributed by atoms with E-state index in [1.165, 1.54) is 11.8 Å². The molecular weight excluding hydrogens is 370 g/mol. The molecule has 0 spiro atoms. The van der Waals surface area contributed by atoms with E-state index in [1.807, 2.05) is 74.2 Å². The van der Waals surface area contributed by atoms with Gasteiger partial charge in [-0.25, -0.2) is 4.98 Å². The summed E-state index contributed by atoms with van der Waals surface area (Å²) in [6.45, 7) is 7.11. The predicted octanol–water partition coefficient (Wildman–Crippen LogP) is 4.12. The van der Waals surface area contributed by atoms with E-state index in [9.17, 15) is 9.59 Å². The average molecular weight is 396 g/mol. The number of nitrogens with zero attached hydrogens (tertiary/aromatic N) is 3. The van der Waals surface area contributed by atoms with Gasteiger partial charge in [0.25, 0.3) is 5.56 Å². The molecule has 5 nitrogen and oxygen atoms in total. The van der Waals surface area contributed by atoms with Crippen molar-refractivity contribution in [2.75, 3.05) is 12.3 Å². The van der Waals surface area contributed by atoms with E-state index in [0.29, 0.717) is 29.1 Å². The minimum atomic E-state index is -0.0628. The zero-order valence-corrected chi connectivity index (χ0v) is 17.3. The molecule has 3 aromatic rings. The van der Waals surface area contributed by atoms with Gasteiger partial charge >= 0.3 is 0 Å². The minimum absolute atomic E-state index is 0.0335. The van der Waals surface area contributed by atoms with Crippen LogP contribution in [0.5, 0.6) is 0 Å². The van der Waals surface area contributed by atoms with Gasteiger partial charge in [0.1, 0.15) is 0 Å². The summed E-state index contributed by atoms with van der Waals surface area (Å²) in [6, 6.07) is 17.3. The smallest absolute Gasteiger partial charge is 0.262 e. The van der Waals surface area contributed by atoms with Crippen molar-refractivity contribution in [3.63, 3.8) is 0 Å². The highest BCUT2D eigenvalue weighted by Crippen LogP contribution is 2.21. The summed E-state index contributed by atoms with van der Waals surface area (Å²) in [4.78, 5) is 32.1. The molecule has 0 saturated heterocycles. The number of hydrogen-bond donors (Lipinski definition) is 0. The molecule has 3 rings (SSSR count). The van der Waals surface area contributed by atoms with Gasteiger partial charge in [-0.15, -0.1) is 0 Å². The number of carbonyl (C=O) groups is 1. The lowest BCUT2D eigenvalue weighted by atomic mass is 10.2. The van der Waals surface area contributed by atoms with Crippen molar-refractivity contribution in [3.8, 4) is 0 Å². The van der Waals surface area contributed by atoms with Crippen LogP contribution in [-0.2, 0) is 11.3 Å². The maximum absolute atomic E-state index is 12.9. The van der Waals surface area contributed by atoms with E-state index in [-0.39, 0.29) is 23.3 Å². The van der Waals surface area contributed by atoms with Crippen LogP contribution in [0, 0.1) is 0 Å². The van der Waals surface area contributed by atoms with Gasteiger partial charge in [-0.1, -0.05) is 54.2 Å². The van der Waals surface area contributed by atoms with E-state index in [2.05, 4.69) is 4.98 Å². The second-order valence-electron chi connectivity index (χ2n) is 6.86. The molecule has 0 N–H and O–H groups in total. The van der Waals surface area contributed by atoms with Crippen molar-refractivity contribution < 1.29 is 4.79 Å². The summed E-state index contributed by atoms with van der Waals surface area (Å²) >= 11 is 1.33. The number of para-hydroxylation sites is 1. The Balaban J connectivity index is 1.81. The fourth-order valence-electron chi connectivity index (χ4n) is 3.08. The van der Waals surface area contributed by atoms with Crippen LogP contribution in [0.2, 0.25) is 0 Å². The summed E-state index contributed by atoms with van der Waals surface area (Å²) in [7, 11) is 0. The van der Waals surface area contributed by atoms with Gasteiger partial charge in [-0.3, -0.25) is 14.2 Å². The second-order valence-corrected chi connectivity index (χ2v) is 7.81. The molecule has 1 aromatic heterocycles. The molecule has 6 heteroatoms. The fraction of sp³-hybridized carbons (Fsp3) is 0.318. The predicted molar refractivity (Wildman–Crippen MR) is 115 cm³/mol. The molecule has 0 unspecified atom stereocenters. The molecule has 28 heavy (non-hydrogen) atoms. The fourth-order valence-corrected chi connectivity index (χ4v) is 4.11. The third-order valence-electron chi connectivity index (χ3n) is 4.57. The van der Waals surface area contributed by atoms with Gasteiger partial charge < -0.3 is 4.90 Å². The molecule has 0 fully saturated rings. The van der Waals surface area contributed by atoms with E-state index < -0.39 is 0 Å². The maximum atomic E-state index is 12.9. The number of hydrogen-bond acceptors (Lipinski definition) is 4. The van der Waals surface area contributed by atoms with Crippen molar-refractivity contribution in [1.82, 2.24) is 14.5 Å². The third kappa shape index (κ3) is 4.44. The first-order valence-electron chi connectivity index (χ1n) is 9.47. The van der Waals surface area contributed by atoms with Gasteiger partial charge in [0.05, 0.1) is 16.7 Å². The number of carbonyl (C=O) groups excluding carboxylic acids is 1. The average Bonchev–Trinajstić information content (AvgIpc) is 2.70. The van der Waals surface area contributed by atoms with Crippen LogP contribution in [0.3, 0.4) is 0 Å². The van der Waals surface area contributed by atoms with Gasteiger partial charge in [0, 0.05) is 19.1 Å². The van der Waals surface area contributed by atoms with Crippen LogP contribution in [-0.4, -0.2) is 32.7 Å². The first-order valence-corrected chi connectivity index (χ1v) is 10.5. The zero-order chi connectivity index (χ0) is 20.1. The molecule has 0 radical (unpaired) electrons. The summed E-state index contributed by atoms with van der Waals surface area (Å²) in [5, 5.41) is 1.19. The van der Waals surface area contributed by atoms with Crippen LogP contribution >= 0.6 is 11.8 Å². The quantitative estimate of drug-likeness (QED) is 0.446. The van der Waals surface area contributed by atoms with Crippen molar-refractivity contribution in [3.05, 3.63) is 70.5 Å². The van der Waals surface area contributed by atoms with Crippen molar-refractivity contribution in [2.24, 2.45) is 0 Å². The molecule has 0 aliphatic rings. The molecular formula is C22H25N3O2S. The zero-order valence-electron chi connectivity index (χ0n) is 16.5. The number of fused-ring (bicyclic) bond motifs is 1. The number of amides is 1. The molecule has 0 atom stereocenters. The third-order valence-corrected chi connectivity index (χ3v) is 5.50. The molecule has 1 heterocycles. The largest absolute Gasteiger partial charge is 0.338 e. The lowest BCUT2D eigenvalue weighted by Gasteiger charge is -2.21. The first-order chi connectivity index (χ1) is 13.5. The molecule has 0 aliphatic carbocycles. The number of rotatable bonds is 7. The van der Waals surface area contributed by atoms with E-state index in [0.717, 1.165) is 5.56 Å². The normalized spacial score (nSPS) is 11.1. The highest BCUT2D eigenvalue weighted by atomic mass is 32.2. The Bertz CT molecular complexity index is 1020. The SMILES string of the molecule is CCN(Cc1ccccc1)C(=O)CSc1nc2ccccc2c(=O)n1C(C)C. The first kappa shape index (κ1) is 20.1. The molecule has 146 valence electrons. The van der Waals surface area contributed by atoms with Gasteiger partial charge in [-0.2, -0.15) is 0 Å². The van der Waals surface area contributed by atoms with Crippen LogP contribution in [0.15, 0.2) is 64.5 Å². The number of aromatic nitrogens is 2. The van der Waals surface area contributed by atoms with Gasteiger partial charge in [0.15, 0.2) is 5.16 Å². The molecule has 2 aromatic carbocycles. The Hall–Kier alpha value is -2.60. The Morgan fingerprint density at radius 2 is 1.79 bits per heavy atom. The maximum Gasteiger partial charge on any atom is 0.262 e. The van der Waals surface area contributed by atoms with Crippen molar-refractivity contribution in [1.29, 1.82) is 0 Å². The minimum Gasteiger partial charge on any atom is -0.338 e. The summed E-state index contributed by atoms with van der Waals surface area (Å²) < 4.78 is 1.67. The molecule has 1 amide bonds. The van der Waals surface area contributed by atoms with Gasteiger partial charge in [-0.05, 0) is 38.5 Å². The Morgan fingerprint density at radius 3 is 2.46 bits per heavy atom. The van der Waals surface area contributed by atoms with Crippen LogP contribution in [0.4, 0.5) is 0 Å². The number of thioether (sulfide) groups is 1. The highest BCUT2D eigenvalue weighted by Gasteiger charge is 2.17. The van der Waals surface area contributed by atoms with E-state index in [4.69, 9.17) is 0 Å². The Kier molecular flexibility index (Phi) is 6.52. The molecule has 0 bridgehead atoms. The lowest BCUT2D eigenvalue weighted by Crippen LogP contribution is -2.32.